The zero-order valence-corrected chi connectivity index (χ0v) is 39.2. The number of fused-ring (bicyclic) bond motifs is 2. The zero-order valence-electron chi connectivity index (χ0n) is 37.0. The molecular weight excluding hydrogens is 871 g/mol. The summed E-state index contributed by atoms with van der Waals surface area (Å²) in [6, 6.07) is 21.2. The fourth-order valence-electron chi connectivity index (χ4n) is 7.81. The second kappa shape index (κ2) is 19.4. The summed E-state index contributed by atoms with van der Waals surface area (Å²) in [4.78, 5) is 17.9. The van der Waals surface area contributed by atoms with Crippen molar-refractivity contribution in [2.24, 2.45) is 17.3 Å². The van der Waals surface area contributed by atoms with Gasteiger partial charge in [0, 0.05) is 59.5 Å². The van der Waals surface area contributed by atoms with E-state index in [2.05, 4.69) is 118 Å². The maximum absolute atomic E-state index is 11.7. The minimum atomic E-state index is -0.0339. The van der Waals surface area contributed by atoms with Crippen LogP contribution in [-0.2, 0) is 36.7 Å². The van der Waals surface area contributed by atoms with E-state index in [9.17, 15) is 9.90 Å². The van der Waals surface area contributed by atoms with E-state index in [-0.39, 0.29) is 54.3 Å². The number of aromatic nitrogens is 1. The fraction of sp³-hybridized carbons (Fsp3) is 0.480. The second-order valence-corrected chi connectivity index (χ2v) is 18.7. The largest absolute Gasteiger partial charge is 0.512 e. The van der Waals surface area contributed by atoms with Crippen molar-refractivity contribution < 1.29 is 31.4 Å². The van der Waals surface area contributed by atoms with Crippen LogP contribution in [0.3, 0.4) is 0 Å². The Balaban J connectivity index is 0.000000448. The van der Waals surface area contributed by atoms with Gasteiger partial charge in [0.05, 0.1) is 7.13 Å². The van der Waals surface area contributed by atoms with Crippen molar-refractivity contribution in [3.8, 4) is 21.7 Å². The summed E-state index contributed by atoms with van der Waals surface area (Å²) in [5, 5.41) is 13.2. The van der Waals surface area contributed by atoms with Crippen LogP contribution in [-0.4, -0.2) is 15.9 Å². The number of benzene rings is 3. The number of nitrogens with zero attached hydrogens (tertiary/aromatic N) is 1. The summed E-state index contributed by atoms with van der Waals surface area (Å²) in [7, 11) is 0. The molecule has 0 amide bonds. The quantitative estimate of drug-likeness (QED) is 0.0815. The Morgan fingerprint density at radius 1 is 0.891 bits per heavy atom. The van der Waals surface area contributed by atoms with Gasteiger partial charge in [0.2, 0.25) is 0 Å². The molecule has 0 aliphatic rings. The van der Waals surface area contributed by atoms with Crippen molar-refractivity contribution in [1.82, 2.24) is 4.98 Å². The molecule has 2 aromatic heterocycles. The second-order valence-electron chi connectivity index (χ2n) is 17.7. The van der Waals surface area contributed by atoms with Gasteiger partial charge in [-0.2, -0.15) is 0 Å². The Morgan fingerprint density at radius 2 is 1.47 bits per heavy atom. The minimum Gasteiger partial charge on any atom is -0.512 e. The van der Waals surface area contributed by atoms with E-state index >= 15 is 0 Å². The van der Waals surface area contributed by atoms with Crippen molar-refractivity contribution in [3.63, 3.8) is 0 Å². The van der Waals surface area contributed by atoms with E-state index in [0.29, 0.717) is 12.1 Å². The number of hydrogen-bond donors (Lipinski definition) is 1. The summed E-state index contributed by atoms with van der Waals surface area (Å²) in [6.45, 7) is 30.8. The number of carbonyl (C=O) groups excluding carboxylic acids is 1. The average molecular weight is 938 g/mol. The third-order valence-electron chi connectivity index (χ3n) is 10.6. The van der Waals surface area contributed by atoms with Crippen molar-refractivity contribution in [2.45, 2.75) is 140 Å². The molecule has 0 fully saturated rings. The molecule has 0 unspecified atom stereocenters. The van der Waals surface area contributed by atoms with Gasteiger partial charge in [-0.05, 0) is 102 Å². The van der Waals surface area contributed by atoms with Gasteiger partial charge < -0.3 is 5.11 Å². The molecule has 5 heteroatoms. The molecule has 0 aliphatic heterocycles. The van der Waals surface area contributed by atoms with Gasteiger partial charge in [0.25, 0.3) is 0 Å². The molecule has 0 aliphatic carbocycles. The first-order valence-electron chi connectivity index (χ1n) is 20.7. The molecule has 5 rings (SSSR count). The van der Waals surface area contributed by atoms with E-state index < -0.39 is 0 Å². The molecule has 0 spiro atoms. The SMILES string of the molecule is CCC(CC)C(=O)/C=C(\O)C(CC)CC.[2H]c1cc2c(C(C)C)c(-c3c(C)cc(CC(C)(C)C)cc3C)sc2c(-c2[c-]c3ccccc3c(C(C)(C)C)c2)n1.[Ir]. The first kappa shape index (κ1) is 44.6. The van der Waals surface area contributed by atoms with Crippen molar-refractivity contribution >= 4 is 38.0 Å². The first-order valence-corrected chi connectivity index (χ1v) is 21.0. The smallest absolute Gasteiger partial charge is 0.162 e. The molecule has 55 heavy (non-hydrogen) atoms. The van der Waals surface area contributed by atoms with Crippen LogP contribution in [0.25, 0.3) is 42.6 Å². The van der Waals surface area contributed by atoms with Crippen LogP contribution in [0.4, 0.5) is 0 Å². The summed E-state index contributed by atoms with van der Waals surface area (Å²) < 4.78 is 9.89. The number of rotatable bonds is 11. The van der Waals surface area contributed by atoms with Crippen LogP contribution in [0, 0.1) is 37.2 Å². The van der Waals surface area contributed by atoms with E-state index in [1.54, 1.807) is 0 Å². The Hall–Kier alpha value is -3.11. The molecule has 2 heterocycles. The van der Waals surface area contributed by atoms with E-state index in [0.717, 1.165) is 58.8 Å². The van der Waals surface area contributed by atoms with Gasteiger partial charge in [-0.1, -0.05) is 124 Å². The molecule has 0 saturated carbocycles. The van der Waals surface area contributed by atoms with Crippen molar-refractivity contribution in [1.29, 1.82) is 0 Å². The molecule has 0 bridgehead atoms. The summed E-state index contributed by atoms with van der Waals surface area (Å²) in [6.07, 6.45) is 6.27. The van der Waals surface area contributed by atoms with E-state index in [1.807, 2.05) is 45.1 Å². The predicted octanol–water partition coefficient (Wildman–Crippen LogP) is 15.1. The van der Waals surface area contributed by atoms with Gasteiger partial charge in [-0.3, -0.25) is 9.78 Å². The number of aliphatic hydroxyl groups excluding tert-OH is 1. The van der Waals surface area contributed by atoms with Crippen LogP contribution >= 0.6 is 11.3 Å². The third-order valence-corrected chi connectivity index (χ3v) is 11.9. The van der Waals surface area contributed by atoms with Gasteiger partial charge in [0.15, 0.2) is 5.78 Å². The number of allylic oxidation sites excluding steroid dienone is 2. The molecule has 299 valence electrons. The molecule has 3 aromatic carbocycles. The standard InChI is InChI=1S/C37H42NS.C13H24O2.Ir/c1-22(2)31-29-15-16-38-33(27-19-26-13-11-12-14-28(26)30(20-27)37(8,9)10)34(29)39-35(31)32-23(3)17-25(18-24(32)4)21-36(5,6)7;1-5-10(6-2)12(14)9-13(15)11(7-3)8-4;/h11-18,20,22H,21H2,1-10H3;9-11,14H,5-8H2,1-4H3;/q-1;;/b;12-9-;/i16D;;. The number of aliphatic hydroxyl groups is 1. The molecule has 1 N–H and O–H groups in total. The third kappa shape index (κ3) is 11.1. The Morgan fingerprint density at radius 3 is 2.00 bits per heavy atom. The van der Waals surface area contributed by atoms with Crippen LogP contribution < -0.4 is 0 Å². The van der Waals surface area contributed by atoms with E-state index in [4.69, 9.17) is 6.35 Å². The van der Waals surface area contributed by atoms with Crippen LogP contribution in [0.2, 0.25) is 0 Å². The van der Waals surface area contributed by atoms with Gasteiger partial charge >= 0.3 is 0 Å². The number of pyridine rings is 1. The molecule has 0 saturated heterocycles. The van der Waals surface area contributed by atoms with E-state index in [1.165, 1.54) is 49.7 Å². The number of aryl methyl sites for hydroxylation is 2. The van der Waals surface area contributed by atoms with Crippen LogP contribution in [0.15, 0.2) is 66.5 Å². The average Bonchev–Trinajstić information content (AvgIpc) is 3.46. The van der Waals surface area contributed by atoms with Crippen LogP contribution in [0.1, 0.15) is 144 Å². The number of hydrogen-bond acceptors (Lipinski definition) is 4. The Labute approximate surface area is 352 Å². The number of carbonyl (C=O) groups is 1. The monoisotopic (exact) mass is 938 g/mol. The summed E-state index contributed by atoms with van der Waals surface area (Å²) >= 11 is 1.84. The summed E-state index contributed by atoms with van der Waals surface area (Å²) in [5.41, 5.74) is 10.0. The van der Waals surface area contributed by atoms with Crippen LogP contribution in [0.5, 0.6) is 0 Å². The molecular formula is C50H66IrNO2S-. The topological polar surface area (TPSA) is 50.2 Å². The molecule has 1 radical (unpaired) electrons. The normalized spacial score (nSPS) is 12.7. The Kier molecular flexibility index (Phi) is 15.7. The fourth-order valence-corrected chi connectivity index (χ4v) is 9.43. The van der Waals surface area contributed by atoms with Crippen molar-refractivity contribution in [3.05, 3.63) is 100 Å². The molecule has 5 aromatic rings. The maximum atomic E-state index is 11.7. The van der Waals surface area contributed by atoms with Gasteiger partial charge in [-0.25, -0.2) is 0 Å². The summed E-state index contributed by atoms with van der Waals surface area (Å²) in [5.74, 6) is 0.864. The zero-order chi connectivity index (χ0) is 41.0. The maximum Gasteiger partial charge on any atom is 0.162 e. The molecule has 0 atom stereocenters. The number of thiophene rings is 1. The molecule has 3 nitrogen and oxygen atoms in total. The van der Waals surface area contributed by atoms with Gasteiger partial charge in [-0.15, -0.1) is 40.5 Å². The van der Waals surface area contributed by atoms with Crippen molar-refractivity contribution in [2.75, 3.05) is 0 Å². The Bertz CT molecular complexity index is 2130. The minimum absolute atomic E-state index is 0. The number of ketones is 1. The first-order chi connectivity index (χ1) is 25.7. The van der Waals surface area contributed by atoms with Gasteiger partial charge in [0.1, 0.15) is 0 Å². The predicted molar refractivity (Wildman–Crippen MR) is 236 cm³/mol.